The van der Waals surface area contributed by atoms with Crippen molar-refractivity contribution < 1.29 is 4.79 Å². The van der Waals surface area contributed by atoms with Gasteiger partial charge in [0.25, 0.3) is 0 Å². The fourth-order valence-corrected chi connectivity index (χ4v) is 1.53. The molecule has 1 unspecified atom stereocenters. The number of nitrogens with two attached hydrogens (primary N) is 1. The lowest BCUT2D eigenvalue weighted by Crippen LogP contribution is -2.34. The third kappa shape index (κ3) is 2.36. The van der Waals surface area contributed by atoms with Crippen LogP contribution in [0.3, 0.4) is 0 Å². The predicted octanol–water partition coefficient (Wildman–Crippen LogP) is 0.532. The Labute approximate surface area is 97.2 Å². The van der Waals surface area contributed by atoms with Crippen molar-refractivity contribution in [1.82, 2.24) is 9.97 Å². The summed E-state index contributed by atoms with van der Waals surface area (Å²) in [5.74, 6) is -0.232. The fourth-order valence-electron chi connectivity index (χ4n) is 1.53. The Bertz CT molecular complexity index is 599. The highest BCUT2D eigenvalue weighted by Gasteiger charge is 2.11. The van der Waals surface area contributed by atoms with Gasteiger partial charge in [0.15, 0.2) is 0 Å². The fraction of sp³-hybridized carbons (Fsp3) is 0.273. The second-order valence-electron chi connectivity index (χ2n) is 3.84. The van der Waals surface area contributed by atoms with E-state index in [0.717, 1.165) is 0 Å². The van der Waals surface area contributed by atoms with E-state index in [1.165, 1.54) is 0 Å². The largest absolute Gasteiger partial charge is 0.325 e. The Hall–Kier alpha value is -2.08. The highest BCUT2D eigenvalue weighted by Crippen LogP contribution is 2.14. The van der Waals surface area contributed by atoms with Gasteiger partial charge in [-0.1, -0.05) is 6.92 Å². The molecule has 2 rings (SSSR count). The van der Waals surface area contributed by atoms with E-state index >= 15 is 0 Å². The number of aromatic amines is 2. The topological polar surface area (TPSA) is 104 Å². The van der Waals surface area contributed by atoms with Crippen molar-refractivity contribution in [1.29, 1.82) is 0 Å². The molecule has 6 nitrogen and oxygen atoms in total. The number of fused-ring (bicyclic) bond motifs is 1. The Morgan fingerprint density at radius 2 is 2.12 bits per heavy atom. The van der Waals surface area contributed by atoms with Crippen LogP contribution in [0.15, 0.2) is 23.0 Å². The number of aromatic nitrogens is 2. The SMILES string of the molecule is CCC(N)C(=O)Nc1ccc2[nH]c(=O)[nH]c2c1. The van der Waals surface area contributed by atoms with E-state index in [2.05, 4.69) is 15.3 Å². The summed E-state index contributed by atoms with van der Waals surface area (Å²) in [5, 5.41) is 2.69. The lowest BCUT2D eigenvalue weighted by Gasteiger charge is -2.09. The summed E-state index contributed by atoms with van der Waals surface area (Å²) in [6.07, 6.45) is 0.578. The van der Waals surface area contributed by atoms with Crippen molar-refractivity contribution in [3.63, 3.8) is 0 Å². The maximum absolute atomic E-state index is 11.6. The van der Waals surface area contributed by atoms with Gasteiger partial charge in [-0.15, -0.1) is 0 Å². The van der Waals surface area contributed by atoms with E-state index in [1.807, 2.05) is 6.92 Å². The minimum Gasteiger partial charge on any atom is -0.325 e. The molecule has 0 spiro atoms. The normalized spacial score (nSPS) is 12.6. The molecular formula is C11H14N4O2. The summed E-state index contributed by atoms with van der Waals surface area (Å²) in [6, 6.07) is 4.61. The number of H-pyrrole nitrogens is 2. The quantitative estimate of drug-likeness (QED) is 0.622. The maximum atomic E-state index is 11.6. The van der Waals surface area contributed by atoms with Crippen LogP contribution in [-0.4, -0.2) is 21.9 Å². The molecule has 0 aliphatic heterocycles. The van der Waals surface area contributed by atoms with Gasteiger partial charge < -0.3 is 21.0 Å². The van der Waals surface area contributed by atoms with Crippen molar-refractivity contribution in [2.75, 3.05) is 5.32 Å². The molecule has 1 atom stereocenters. The number of amides is 1. The molecule has 1 aromatic heterocycles. The number of anilines is 1. The van der Waals surface area contributed by atoms with Crippen LogP contribution in [0.2, 0.25) is 0 Å². The van der Waals surface area contributed by atoms with Gasteiger partial charge in [0, 0.05) is 5.69 Å². The third-order valence-electron chi connectivity index (χ3n) is 2.56. The molecule has 0 saturated heterocycles. The summed E-state index contributed by atoms with van der Waals surface area (Å²) in [5.41, 5.74) is 7.30. The van der Waals surface area contributed by atoms with Crippen LogP contribution in [0.4, 0.5) is 5.69 Å². The molecule has 0 radical (unpaired) electrons. The smallest absolute Gasteiger partial charge is 0.323 e. The number of rotatable bonds is 3. The molecule has 2 aromatic rings. The zero-order valence-electron chi connectivity index (χ0n) is 9.41. The van der Waals surface area contributed by atoms with Gasteiger partial charge in [-0.3, -0.25) is 4.79 Å². The van der Waals surface area contributed by atoms with Crippen LogP contribution < -0.4 is 16.7 Å². The van der Waals surface area contributed by atoms with E-state index in [9.17, 15) is 9.59 Å². The number of hydrogen-bond donors (Lipinski definition) is 4. The molecule has 0 saturated carbocycles. The number of carbonyl (C=O) groups excluding carboxylic acids is 1. The van der Waals surface area contributed by atoms with Crippen LogP contribution in [0.1, 0.15) is 13.3 Å². The van der Waals surface area contributed by atoms with Crippen LogP contribution >= 0.6 is 0 Å². The summed E-state index contributed by atoms with van der Waals surface area (Å²) in [6.45, 7) is 1.84. The van der Waals surface area contributed by atoms with E-state index < -0.39 is 6.04 Å². The Balaban J connectivity index is 2.24. The van der Waals surface area contributed by atoms with Gasteiger partial charge in [-0.25, -0.2) is 4.79 Å². The van der Waals surface area contributed by atoms with Gasteiger partial charge in [0.2, 0.25) is 5.91 Å². The number of imidazole rings is 1. The van der Waals surface area contributed by atoms with Crippen molar-refractivity contribution in [3.05, 3.63) is 28.7 Å². The van der Waals surface area contributed by atoms with E-state index in [-0.39, 0.29) is 11.6 Å². The molecule has 6 heteroatoms. The standard InChI is InChI=1S/C11H14N4O2/c1-2-7(12)10(16)13-6-3-4-8-9(5-6)15-11(17)14-8/h3-5,7H,2,12H2,1H3,(H,13,16)(H2,14,15,17). The molecule has 0 aliphatic rings. The van der Waals surface area contributed by atoms with Gasteiger partial charge >= 0.3 is 5.69 Å². The molecule has 0 fully saturated rings. The average molecular weight is 234 g/mol. The molecule has 5 N–H and O–H groups in total. The van der Waals surface area contributed by atoms with Crippen molar-refractivity contribution in [2.45, 2.75) is 19.4 Å². The first-order valence-electron chi connectivity index (χ1n) is 5.38. The zero-order chi connectivity index (χ0) is 12.4. The van der Waals surface area contributed by atoms with Crippen LogP contribution in [-0.2, 0) is 4.79 Å². The Kier molecular flexibility index (Phi) is 2.97. The zero-order valence-corrected chi connectivity index (χ0v) is 9.41. The first-order chi connectivity index (χ1) is 8.10. The number of carbonyl (C=O) groups is 1. The first kappa shape index (κ1) is 11.4. The van der Waals surface area contributed by atoms with Crippen molar-refractivity contribution in [3.8, 4) is 0 Å². The van der Waals surface area contributed by atoms with Crippen molar-refractivity contribution in [2.24, 2.45) is 5.73 Å². The number of nitrogens with one attached hydrogen (secondary N) is 3. The molecular weight excluding hydrogens is 220 g/mol. The van der Waals surface area contributed by atoms with E-state index in [0.29, 0.717) is 23.1 Å². The van der Waals surface area contributed by atoms with Crippen molar-refractivity contribution >= 4 is 22.6 Å². The molecule has 1 heterocycles. The molecule has 17 heavy (non-hydrogen) atoms. The third-order valence-corrected chi connectivity index (χ3v) is 2.56. The molecule has 0 aliphatic carbocycles. The lowest BCUT2D eigenvalue weighted by molar-refractivity contribution is -0.117. The minimum atomic E-state index is -0.518. The van der Waals surface area contributed by atoms with Crippen LogP contribution in [0.5, 0.6) is 0 Å². The van der Waals surface area contributed by atoms with Gasteiger partial charge in [-0.2, -0.15) is 0 Å². The second-order valence-corrected chi connectivity index (χ2v) is 3.84. The number of hydrogen-bond acceptors (Lipinski definition) is 3. The van der Waals surface area contributed by atoms with Gasteiger partial charge in [0.05, 0.1) is 17.1 Å². The summed E-state index contributed by atoms with van der Waals surface area (Å²) >= 11 is 0. The van der Waals surface area contributed by atoms with E-state index in [1.54, 1.807) is 18.2 Å². The molecule has 90 valence electrons. The average Bonchev–Trinajstić information content (AvgIpc) is 2.67. The van der Waals surface area contributed by atoms with Crippen LogP contribution in [0, 0.1) is 0 Å². The Morgan fingerprint density at radius 1 is 1.41 bits per heavy atom. The summed E-state index contributed by atoms with van der Waals surface area (Å²) in [4.78, 5) is 27.9. The van der Waals surface area contributed by atoms with Crippen LogP contribution in [0.25, 0.3) is 11.0 Å². The molecule has 1 amide bonds. The van der Waals surface area contributed by atoms with Gasteiger partial charge in [-0.05, 0) is 24.6 Å². The highest BCUT2D eigenvalue weighted by atomic mass is 16.2. The molecule has 0 bridgehead atoms. The monoisotopic (exact) mass is 234 g/mol. The predicted molar refractivity (Wildman–Crippen MR) is 65.8 cm³/mol. The Morgan fingerprint density at radius 3 is 2.82 bits per heavy atom. The minimum absolute atomic E-state index is 0.232. The molecule has 1 aromatic carbocycles. The summed E-state index contributed by atoms with van der Waals surface area (Å²) in [7, 11) is 0. The van der Waals surface area contributed by atoms with E-state index in [4.69, 9.17) is 5.73 Å². The first-order valence-corrected chi connectivity index (χ1v) is 5.38. The van der Waals surface area contributed by atoms with Gasteiger partial charge in [0.1, 0.15) is 0 Å². The maximum Gasteiger partial charge on any atom is 0.323 e. The highest BCUT2D eigenvalue weighted by molar-refractivity contribution is 5.96. The number of benzene rings is 1. The lowest BCUT2D eigenvalue weighted by atomic mass is 10.2. The summed E-state index contributed by atoms with van der Waals surface area (Å²) < 4.78 is 0. The second kappa shape index (κ2) is 4.42.